The van der Waals surface area contributed by atoms with Gasteiger partial charge in [-0.05, 0) is 53.4 Å². The molecule has 0 radical (unpaired) electrons. The van der Waals surface area contributed by atoms with E-state index in [9.17, 15) is 14.0 Å². The second-order valence-electron chi connectivity index (χ2n) is 5.84. The van der Waals surface area contributed by atoms with E-state index in [-0.39, 0.29) is 28.6 Å². The van der Waals surface area contributed by atoms with Gasteiger partial charge >= 0.3 is 0 Å². The van der Waals surface area contributed by atoms with Crippen molar-refractivity contribution in [3.05, 3.63) is 28.0 Å². The number of carbonyl (C=O) groups excluding carboxylic acids is 2. The largest absolute Gasteiger partial charge is 0.274 e. The predicted molar refractivity (Wildman–Crippen MR) is 78.9 cm³/mol. The number of imide groups is 1. The number of benzene rings is 1. The minimum absolute atomic E-state index is 0.0631. The molecule has 1 atom stereocenters. The lowest BCUT2D eigenvalue weighted by atomic mass is 9.78. The number of hydrogen-bond donors (Lipinski definition) is 0. The molecule has 2 amide bonds. The molecule has 108 valence electrons. The Kier molecular flexibility index (Phi) is 3.75. The molecule has 1 aliphatic heterocycles. The van der Waals surface area contributed by atoms with E-state index in [2.05, 4.69) is 15.9 Å². The van der Waals surface area contributed by atoms with E-state index in [1.165, 1.54) is 17.0 Å². The molecule has 0 N–H and O–H groups in total. The highest BCUT2D eigenvalue weighted by atomic mass is 79.9. The van der Waals surface area contributed by atoms with Crippen molar-refractivity contribution in [3.63, 3.8) is 0 Å². The third kappa shape index (κ3) is 2.18. The van der Waals surface area contributed by atoms with Crippen molar-refractivity contribution in [1.82, 2.24) is 0 Å². The Morgan fingerprint density at radius 3 is 2.45 bits per heavy atom. The van der Waals surface area contributed by atoms with Crippen LogP contribution in [-0.4, -0.2) is 11.8 Å². The molecule has 2 rings (SSSR count). The van der Waals surface area contributed by atoms with Crippen LogP contribution in [0.4, 0.5) is 10.1 Å². The number of carbonyl (C=O) groups is 2. The van der Waals surface area contributed by atoms with Gasteiger partial charge in [-0.15, -0.1) is 0 Å². The molecular formula is C15H17BrFNO2. The van der Waals surface area contributed by atoms with Gasteiger partial charge < -0.3 is 0 Å². The van der Waals surface area contributed by atoms with E-state index in [0.717, 1.165) is 0 Å². The first-order valence-corrected chi connectivity index (χ1v) is 7.31. The molecule has 1 aliphatic rings. The molecule has 1 saturated heterocycles. The summed E-state index contributed by atoms with van der Waals surface area (Å²) in [5.74, 6) is -0.781. The molecule has 1 heterocycles. The SMILES string of the molecule is Cc1cc(F)c(Br)cc1N1C(=O)CC(C)(C(C)C)C1=O. The van der Waals surface area contributed by atoms with E-state index < -0.39 is 11.2 Å². The molecule has 1 unspecified atom stereocenters. The van der Waals surface area contributed by atoms with E-state index >= 15 is 0 Å². The fourth-order valence-electron chi connectivity index (χ4n) is 2.41. The number of anilines is 1. The Morgan fingerprint density at radius 2 is 1.95 bits per heavy atom. The Hall–Kier alpha value is -1.23. The zero-order valence-corrected chi connectivity index (χ0v) is 13.5. The molecule has 20 heavy (non-hydrogen) atoms. The van der Waals surface area contributed by atoms with Crippen molar-refractivity contribution in [1.29, 1.82) is 0 Å². The minimum Gasteiger partial charge on any atom is -0.274 e. The fourth-order valence-corrected chi connectivity index (χ4v) is 2.74. The van der Waals surface area contributed by atoms with E-state index in [1.807, 2.05) is 20.8 Å². The monoisotopic (exact) mass is 341 g/mol. The summed E-state index contributed by atoms with van der Waals surface area (Å²) in [4.78, 5) is 26.1. The first kappa shape index (κ1) is 15.2. The van der Waals surface area contributed by atoms with E-state index in [1.54, 1.807) is 6.92 Å². The van der Waals surface area contributed by atoms with E-state index in [4.69, 9.17) is 0 Å². The molecule has 0 aromatic heterocycles. The Labute approximate surface area is 126 Å². The molecule has 0 spiro atoms. The van der Waals surface area contributed by atoms with Gasteiger partial charge in [0.2, 0.25) is 11.8 Å². The highest BCUT2D eigenvalue weighted by Gasteiger charge is 2.50. The number of nitrogens with zero attached hydrogens (tertiary/aromatic N) is 1. The first-order chi connectivity index (χ1) is 9.18. The number of halogens is 2. The van der Waals surface area contributed by atoms with Crippen molar-refractivity contribution in [2.24, 2.45) is 11.3 Å². The summed E-state index contributed by atoms with van der Waals surface area (Å²) in [6.07, 6.45) is 0.192. The molecule has 0 bridgehead atoms. The van der Waals surface area contributed by atoms with Crippen LogP contribution >= 0.6 is 15.9 Å². The molecule has 1 aromatic rings. The molecular weight excluding hydrogens is 325 g/mol. The van der Waals surface area contributed by atoms with Gasteiger partial charge in [-0.25, -0.2) is 9.29 Å². The molecule has 0 saturated carbocycles. The number of aryl methyl sites for hydroxylation is 1. The third-order valence-electron chi connectivity index (χ3n) is 4.21. The summed E-state index contributed by atoms with van der Waals surface area (Å²) in [5, 5.41) is 0. The van der Waals surface area contributed by atoms with Crippen LogP contribution in [0.15, 0.2) is 16.6 Å². The number of rotatable bonds is 2. The summed E-state index contributed by atoms with van der Waals surface area (Å²) in [6.45, 7) is 7.37. The van der Waals surface area contributed by atoms with Crippen LogP contribution in [0.5, 0.6) is 0 Å². The summed E-state index contributed by atoms with van der Waals surface area (Å²) in [6, 6.07) is 2.82. The minimum atomic E-state index is -0.690. The fraction of sp³-hybridized carbons (Fsp3) is 0.467. The van der Waals surface area contributed by atoms with E-state index in [0.29, 0.717) is 11.3 Å². The number of hydrogen-bond acceptors (Lipinski definition) is 2. The average Bonchev–Trinajstić information content (AvgIpc) is 2.57. The van der Waals surface area contributed by atoms with Crippen LogP contribution in [0.1, 0.15) is 32.8 Å². The van der Waals surface area contributed by atoms with Gasteiger partial charge in [0.05, 0.1) is 15.6 Å². The normalized spacial score (nSPS) is 23.1. The van der Waals surface area contributed by atoms with Gasteiger partial charge in [0, 0.05) is 6.42 Å². The van der Waals surface area contributed by atoms with Gasteiger partial charge in [0.25, 0.3) is 0 Å². The summed E-state index contributed by atoms with van der Waals surface area (Å²) in [7, 11) is 0. The maximum Gasteiger partial charge on any atom is 0.240 e. The number of amides is 2. The highest BCUT2D eigenvalue weighted by Crippen LogP contribution is 2.42. The van der Waals surface area contributed by atoms with Crippen LogP contribution in [0.2, 0.25) is 0 Å². The van der Waals surface area contributed by atoms with Gasteiger partial charge in [0.1, 0.15) is 5.82 Å². The summed E-state index contributed by atoms with van der Waals surface area (Å²) in [5.41, 5.74) is 0.336. The zero-order valence-electron chi connectivity index (χ0n) is 12.0. The Morgan fingerprint density at radius 1 is 1.35 bits per heavy atom. The van der Waals surface area contributed by atoms with Crippen LogP contribution in [0.3, 0.4) is 0 Å². The topological polar surface area (TPSA) is 37.4 Å². The average molecular weight is 342 g/mol. The second-order valence-corrected chi connectivity index (χ2v) is 6.69. The van der Waals surface area contributed by atoms with Crippen LogP contribution in [0.25, 0.3) is 0 Å². The lowest BCUT2D eigenvalue weighted by Gasteiger charge is -2.26. The summed E-state index contributed by atoms with van der Waals surface area (Å²) < 4.78 is 13.7. The third-order valence-corrected chi connectivity index (χ3v) is 4.82. The lowest BCUT2D eigenvalue weighted by molar-refractivity contribution is -0.126. The summed E-state index contributed by atoms with van der Waals surface area (Å²) >= 11 is 3.10. The van der Waals surface area contributed by atoms with Crippen molar-refractivity contribution in [3.8, 4) is 0 Å². The maximum atomic E-state index is 13.5. The Balaban J connectivity index is 2.52. The van der Waals surface area contributed by atoms with Gasteiger partial charge in [-0.1, -0.05) is 13.8 Å². The molecule has 1 fully saturated rings. The predicted octanol–water partition coefficient (Wildman–Crippen LogP) is 3.82. The maximum absolute atomic E-state index is 13.5. The molecule has 3 nitrogen and oxygen atoms in total. The molecule has 0 aliphatic carbocycles. The standard InChI is InChI=1S/C15H17BrFNO2/c1-8(2)15(4)7-13(19)18(14(15)20)12-6-10(16)11(17)5-9(12)3/h5-6,8H,7H2,1-4H3. The van der Waals surface area contributed by atoms with Crippen molar-refractivity contribution >= 4 is 33.4 Å². The van der Waals surface area contributed by atoms with Gasteiger partial charge in [-0.3, -0.25) is 9.59 Å². The first-order valence-electron chi connectivity index (χ1n) is 6.51. The second kappa shape index (κ2) is 4.95. The van der Waals surface area contributed by atoms with Crippen LogP contribution < -0.4 is 4.90 Å². The smallest absolute Gasteiger partial charge is 0.240 e. The Bertz CT molecular complexity index is 600. The van der Waals surface area contributed by atoms with Crippen molar-refractivity contribution in [2.75, 3.05) is 4.90 Å². The van der Waals surface area contributed by atoms with Crippen molar-refractivity contribution < 1.29 is 14.0 Å². The van der Waals surface area contributed by atoms with Gasteiger partial charge in [-0.2, -0.15) is 0 Å². The molecule has 5 heteroatoms. The van der Waals surface area contributed by atoms with Crippen LogP contribution in [0, 0.1) is 24.1 Å². The van der Waals surface area contributed by atoms with Crippen molar-refractivity contribution in [2.45, 2.75) is 34.1 Å². The highest BCUT2D eigenvalue weighted by molar-refractivity contribution is 9.10. The zero-order chi connectivity index (χ0) is 15.2. The van der Waals surface area contributed by atoms with Crippen LogP contribution in [-0.2, 0) is 9.59 Å². The lowest BCUT2D eigenvalue weighted by Crippen LogP contribution is -2.37. The van der Waals surface area contributed by atoms with Gasteiger partial charge in [0.15, 0.2) is 0 Å². The quantitative estimate of drug-likeness (QED) is 0.766. The molecule has 1 aromatic carbocycles.